The summed E-state index contributed by atoms with van der Waals surface area (Å²) in [7, 11) is 1.26. The molecular formula is C57H107N2O6P. The summed E-state index contributed by atoms with van der Waals surface area (Å²) in [6.07, 6.45) is 64.2. The minimum atomic E-state index is -4.60. The number of hydrogen-bond acceptors (Lipinski definition) is 6. The molecule has 0 aromatic carbocycles. The topological polar surface area (TPSA) is 108 Å². The number of nitrogens with zero attached hydrogens (tertiary/aromatic N) is 1. The second kappa shape index (κ2) is 48.2. The number of allylic oxidation sites excluding steroid dienone is 9. The van der Waals surface area contributed by atoms with Crippen molar-refractivity contribution in [2.75, 3.05) is 40.9 Å². The van der Waals surface area contributed by atoms with E-state index in [4.69, 9.17) is 9.05 Å². The minimum Gasteiger partial charge on any atom is -0.756 e. The van der Waals surface area contributed by atoms with E-state index in [0.717, 1.165) is 64.2 Å². The van der Waals surface area contributed by atoms with Gasteiger partial charge in [-0.2, -0.15) is 0 Å². The molecule has 0 rings (SSSR count). The van der Waals surface area contributed by atoms with Crippen LogP contribution in [0.5, 0.6) is 0 Å². The molecule has 1 amide bonds. The van der Waals surface area contributed by atoms with Crippen LogP contribution in [-0.4, -0.2) is 68.5 Å². The maximum absolute atomic E-state index is 13.0. The van der Waals surface area contributed by atoms with Crippen molar-refractivity contribution in [3.63, 3.8) is 0 Å². The van der Waals surface area contributed by atoms with Crippen molar-refractivity contribution in [1.29, 1.82) is 0 Å². The van der Waals surface area contributed by atoms with Gasteiger partial charge in [-0.25, -0.2) is 0 Å². The largest absolute Gasteiger partial charge is 0.756 e. The lowest BCUT2D eigenvalue weighted by atomic mass is 10.0. The van der Waals surface area contributed by atoms with Crippen molar-refractivity contribution >= 4 is 13.7 Å². The van der Waals surface area contributed by atoms with Crippen molar-refractivity contribution in [2.24, 2.45) is 0 Å². The van der Waals surface area contributed by atoms with Gasteiger partial charge < -0.3 is 28.8 Å². The van der Waals surface area contributed by atoms with Crippen LogP contribution in [0.15, 0.2) is 60.8 Å². The molecule has 0 aliphatic rings. The Bertz CT molecular complexity index is 1260. The van der Waals surface area contributed by atoms with E-state index in [0.29, 0.717) is 17.4 Å². The monoisotopic (exact) mass is 947 g/mol. The van der Waals surface area contributed by atoms with Crippen molar-refractivity contribution in [3.05, 3.63) is 60.8 Å². The first-order valence-electron chi connectivity index (χ1n) is 27.7. The number of quaternary nitrogens is 1. The molecule has 3 atom stereocenters. The molecule has 0 aromatic heterocycles. The summed E-state index contributed by atoms with van der Waals surface area (Å²) in [5.41, 5.74) is 0. The van der Waals surface area contributed by atoms with Gasteiger partial charge in [-0.3, -0.25) is 9.36 Å². The highest BCUT2D eigenvalue weighted by Gasteiger charge is 2.23. The van der Waals surface area contributed by atoms with Gasteiger partial charge >= 0.3 is 0 Å². The number of aliphatic hydroxyl groups excluding tert-OH is 1. The van der Waals surface area contributed by atoms with Crippen LogP contribution in [-0.2, 0) is 18.4 Å². The van der Waals surface area contributed by atoms with E-state index in [1.165, 1.54) is 161 Å². The molecule has 0 spiro atoms. The van der Waals surface area contributed by atoms with Gasteiger partial charge in [0.05, 0.1) is 39.9 Å². The Morgan fingerprint density at radius 2 is 0.924 bits per heavy atom. The number of nitrogens with one attached hydrogen (secondary N) is 1. The fraction of sp³-hybridized carbons (Fsp3) is 0.807. The third kappa shape index (κ3) is 50.1. The Balaban J connectivity index is 4.27. The SMILES string of the molecule is CC/C=C\C/C=C\C/C=C\C/C=C\CCCCCCCCCCCCC(=O)NC(COP(=O)([O-])OCC[N+](C)(C)C)C(O)/C=C/CCCCCCCCCCCCCCCCCCCCC. The average Bonchev–Trinajstić information content (AvgIpc) is 3.28. The molecule has 0 saturated carbocycles. The van der Waals surface area contributed by atoms with Gasteiger partial charge in [0, 0.05) is 6.42 Å². The predicted molar refractivity (Wildman–Crippen MR) is 284 cm³/mol. The number of rotatable bonds is 50. The summed E-state index contributed by atoms with van der Waals surface area (Å²) in [6, 6.07) is -0.892. The summed E-state index contributed by atoms with van der Waals surface area (Å²) < 4.78 is 23.3. The van der Waals surface area contributed by atoms with Gasteiger partial charge in [-0.1, -0.05) is 242 Å². The first-order chi connectivity index (χ1) is 32.0. The first kappa shape index (κ1) is 64.2. The van der Waals surface area contributed by atoms with Crippen LogP contribution in [0.2, 0.25) is 0 Å². The number of aliphatic hydroxyl groups is 1. The highest BCUT2D eigenvalue weighted by molar-refractivity contribution is 7.45. The van der Waals surface area contributed by atoms with E-state index in [9.17, 15) is 19.4 Å². The molecule has 386 valence electrons. The lowest BCUT2D eigenvalue weighted by Gasteiger charge is -2.29. The van der Waals surface area contributed by atoms with Crippen LogP contribution in [0, 0.1) is 0 Å². The number of unbranched alkanes of at least 4 members (excludes halogenated alkanes) is 29. The standard InChI is InChI=1S/C57H107N2O6P/c1-6-8-10-12-14-16-18-20-22-24-26-28-29-31-33-35-37-39-41-43-45-47-49-51-57(61)58-55(54-65-66(62,63)64-53-52-59(3,4)5)56(60)50-48-46-44-42-40-38-36-34-32-30-27-25-23-21-19-17-15-13-11-9-7-2/h8,10,14,16,20,22,26,28,48,50,55-56,60H,6-7,9,11-13,15,17-19,21,23-25,27,29-47,49,51-54H2,1-5H3,(H-,58,61,62,63)/b10-8-,16-14-,22-20-,28-26-,50-48+. The smallest absolute Gasteiger partial charge is 0.268 e. The van der Waals surface area contributed by atoms with E-state index < -0.39 is 20.0 Å². The molecule has 9 heteroatoms. The number of phosphoric ester groups is 1. The second-order valence-corrected chi connectivity index (χ2v) is 21.3. The van der Waals surface area contributed by atoms with Crippen molar-refractivity contribution in [3.8, 4) is 0 Å². The first-order valence-corrected chi connectivity index (χ1v) is 29.1. The Kier molecular flexibility index (Phi) is 46.9. The zero-order valence-electron chi connectivity index (χ0n) is 43.9. The van der Waals surface area contributed by atoms with E-state index in [2.05, 4.69) is 67.8 Å². The molecule has 0 heterocycles. The van der Waals surface area contributed by atoms with E-state index >= 15 is 0 Å². The number of phosphoric acid groups is 1. The Labute approximate surface area is 409 Å². The summed E-state index contributed by atoms with van der Waals surface area (Å²) in [4.78, 5) is 25.5. The zero-order chi connectivity index (χ0) is 48.5. The number of likely N-dealkylation sites (N-methyl/N-ethyl adjacent to an activating group) is 1. The van der Waals surface area contributed by atoms with E-state index in [1.54, 1.807) is 6.08 Å². The van der Waals surface area contributed by atoms with Crippen molar-refractivity contribution < 1.29 is 32.9 Å². The fourth-order valence-corrected chi connectivity index (χ4v) is 8.63. The third-order valence-corrected chi connectivity index (χ3v) is 13.2. The van der Waals surface area contributed by atoms with Gasteiger partial charge in [-0.15, -0.1) is 0 Å². The number of carbonyl (C=O) groups is 1. The summed E-state index contributed by atoms with van der Waals surface area (Å²) >= 11 is 0. The normalized spacial score (nSPS) is 14.5. The molecule has 3 unspecified atom stereocenters. The molecule has 0 radical (unpaired) electrons. The third-order valence-electron chi connectivity index (χ3n) is 12.2. The molecule has 0 fully saturated rings. The van der Waals surface area contributed by atoms with Gasteiger partial charge in [0.15, 0.2) is 0 Å². The zero-order valence-corrected chi connectivity index (χ0v) is 44.8. The Morgan fingerprint density at radius 1 is 0.545 bits per heavy atom. The number of hydrogen-bond donors (Lipinski definition) is 2. The van der Waals surface area contributed by atoms with Crippen LogP contribution in [0.4, 0.5) is 0 Å². The molecule has 8 nitrogen and oxygen atoms in total. The number of carbonyl (C=O) groups excluding carboxylic acids is 1. The molecule has 0 aromatic rings. The average molecular weight is 947 g/mol. The van der Waals surface area contributed by atoms with Gasteiger partial charge in [0.1, 0.15) is 13.2 Å². The second-order valence-electron chi connectivity index (χ2n) is 19.9. The maximum atomic E-state index is 13.0. The molecule has 0 aliphatic heterocycles. The fourth-order valence-electron chi connectivity index (χ4n) is 7.91. The lowest BCUT2D eigenvalue weighted by molar-refractivity contribution is -0.870. The van der Waals surface area contributed by atoms with Crippen molar-refractivity contribution in [1.82, 2.24) is 5.32 Å². The van der Waals surface area contributed by atoms with Crippen LogP contribution in [0.3, 0.4) is 0 Å². The van der Waals surface area contributed by atoms with Crippen LogP contribution >= 0.6 is 7.82 Å². The van der Waals surface area contributed by atoms with Crippen LogP contribution < -0.4 is 10.2 Å². The molecule has 66 heavy (non-hydrogen) atoms. The van der Waals surface area contributed by atoms with Crippen molar-refractivity contribution in [2.45, 2.75) is 257 Å². The quantitative estimate of drug-likeness (QED) is 0.0272. The van der Waals surface area contributed by atoms with Gasteiger partial charge in [0.2, 0.25) is 5.91 Å². The Hall–Kier alpha value is -1.80. The molecule has 0 bridgehead atoms. The predicted octanol–water partition coefficient (Wildman–Crippen LogP) is 15.9. The molecular weight excluding hydrogens is 840 g/mol. The Morgan fingerprint density at radius 3 is 1.35 bits per heavy atom. The van der Waals surface area contributed by atoms with Crippen LogP contribution in [0.25, 0.3) is 0 Å². The lowest BCUT2D eigenvalue weighted by Crippen LogP contribution is -2.45. The summed E-state index contributed by atoms with van der Waals surface area (Å²) in [5.74, 6) is -0.202. The van der Waals surface area contributed by atoms with Gasteiger partial charge in [0.25, 0.3) is 7.82 Å². The molecule has 0 aliphatic carbocycles. The molecule has 2 N–H and O–H groups in total. The van der Waals surface area contributed by atoms with E-state index in [-0.39, 0.29) is 19.1 Å². The highest BCUT2D eigenvalue weighted by Crippen LogP contribution is 2.38. The molecule has 0 saturated heterocycles. The van der Waals surface area contributed by atoms with Crippen LogP contribution in [0.1, 0.15) is 245 Å². The minimum absolute atomic E-state index is 0.00352. The summed E-state index contributed by atoms with van der Waals surface area (Å²) in [5, 5.41) is 13.9. The maximum Gasteiger partial charge on any atom is 0.268 e. The number of amides is 1. The van der Waals surface area contributed by atoms with E-state index in [1.807, 2.05) is 27.2 Å². The highest BCUT2D eigenvalue weighted by atomic mass is 31.2. The summed E-state index contributed by atoms with van der Waals surface area (Å²) in [6.45, 7) is 4.55. The van der Waals surface area contributed by atoms with Gasteiger partial charge in [-0.05, 0) is 57.8 Å².